The molecule has 1 aromatic heterocycles. The van der Waals surface area contributed by atoms with Gasteiger partial charge in [-0.1, -0.05) is 0 Å². The van der Waals surface area contributed by atoms with Crippen molar-refractivity contribution in [1.29, 1.82) is 5.26 Å². The van der Waals surface area contributed by atoms with Crippen LogP contribution in [0.4, 0.5) is 8.78 Å². The molecule has 7 aliphatic rings. The third-order valence-corrected chi connectivity index (χ3v) is 9.24. The normalized spacial score (nSPS) is 50.3. The largest absolute Gasteiger partial charge is 0.347 e. The molecule has 0 N–H and O–H groups in total. The fourth-order valence-electron chi connectivity index (χ4n) is 8.75. The van der Waals surface area contributed by atoms with Crippen molar-refractivity contribution >= 4 is 0 Å². The number of fused-ring (bicyclic) bond motifs is 1. The molecule has 1 atom stereocenters. The maximum atomic E-state index is 13.7. The zero-order valence-electron chi connectivity index (χ0n) is 14.1. The summed E-state index contributed by atoms with van der Waals surface area (Å²) in [5.41, 5.74) is 0.171. The van der Waals surface area contributed by atoms with Crippen LogP contribution in [0.1, 0.15) is 23.9 Å². The monoisotopic (exact) mass is 364 g/mol. The van der Waals surface area contributed by atoms with Crippen molar-refractivity contribution in [3.8, 4) is 6.07 Å². The van der Waals surface area contributed by atoms with Gasteiger partial charge in [0.2, 0.25) is 0 Å². The lowest BCUT2D eigenvalue weighted by atomic mass is 8.94. The van der Waals surface area contributed by atoms with E-state index in [-0.39, 0.29) is 22.7 Å². The van der Waals surface area contributed by atoms with Crippen molar-refractivity contribution in [1.82, 2.24) is 14.3 Å². The molecule has 9 rings (SSSR count). The van der Waals surface area contributed by atoms with Crippen molar-refractivity contribution in [3.63, 3.8) is 0 Å². The van der Waals surface area contributed by atoms with Crippen LogP contribution in [-0.4, -0.2) is 14.3 Å². The molecule has 1 aliphatic heterocycles. The van der Waals surface area contributed by atoms with Crippen LogP contribution >= 0.6 is 0 Å². The van der Waals surface area contributed by atoms with Crippen LogP contribution in [0, 0.1) is 63.9 Å². The first-order chi connectivity index (χ1) is 13.1. The average molecular weight is 364 g/mol. The van der Waals surface area contributed by atoms with Gasteiger partial charge < -0.3 is 0 Å². The van der Waals surface area contributed by atoms with E-state index in [1.807, 2.05) is 0 Å². The lowest BCUT2D eigenvalue weighted by Gasteiger charge is -3.08. The smallest absolute Gasteiger partial charge is 0.271 e. The van der Waals surface area contributed by atoms with Crippen LogP contribution < -0.4 is 5.69 Å². The van der Waals surface area contributed by atoms with Crippen LogP contribution in [0.3, 0.4) is 0 Å². The molecular formula is C20H14F2N4O. The van der Waals surface area contributed by atoms with Gasteiger partial charge in [0, 0.05) is 12.5 Å². The second-order valence-corrected chi connectivity index (χ2v) is 9.32. The Morgan fingerprint density at radius 3 is 2.30 bits per heavy atom. The Morgan fingerprint density at radius 2 is 1.70 bits per heavy atom. The van der Waals surface area contributed by atoms with Gasteiger partial charge in [-0.2, -0.15) is 10.4 Å². The van der Waals surface area contributed by atoms with Crippen LogP contribution in [0.15, 0.2) is 23.0 Å². The molecule has 2 heterocycles. The number of aromatic nitrogens is 3. The minimum atomic E-state index is -0.623. The van der Waals surface area contributed by atoms with Gasteiger partial charge in [0.05, 0.1) is 23.1 Å². The first kappa shape index (κ1) is 13.6. The lowest BCUT2D eigenvalue weighted by molar-refractivity contribution is -0.631. The van der Waals surface area contributed by atoms with Crippen molar-refractivity contribution in [2.24, 2.45) is 40.9 Å². The molecule has 2 aromatic rings. The summed E-state index contributed by atoms with van der Waals surface area (Å²) >= 11 is 0. The van der Waals surface area contributed by atoms with Crippen LogP contribution in [0.2, 0.25) is 0 Å². The van der Waals surface area contributed by atoms with Gasteiger partial charge in [-0.05, 0) is 59.6 Å². The van der Waals surface area contributed by atoms with Crippen molar-refractivity contribution in [2.45, 2.75) is 24.4 Å². The highest BCUT2D eigenvalue weighted by molar-refractivity contribution is 5.60. The maximum absolute atomic E-state index is 13.7. The van der Waals surface area contributed by atoms with E-state index < -0.39 is 11.6 Å². The predicted octanol–water partition coefficient (Wildman–Crippen LogP) is 1.83. The Hall–Kier alpha value is -2.49. The van der Waals surface area contributed by atoms with Gasteiger partial charge in [-0.25, -0.2) is 18.3 Å². The predicted molar refractivity (Wildman–Crippen MR) is 86.3 cm³/mol. The molecule has 7 heteroatoms. The summed E-state index contributed by atoms with van der Waals surface area (Å²) in [6, 6.07) is 5.69. The molecule has 6 aliphatic carbocycles. The molecule has 6 saturated carbocycles. The number of nitrogens with zero attached hydrogens (tertiary/aromatic N) is 4. The standard InChI is InChI=1S/C20H14F2N4O/c21-8-3-7(4-9(22)5-8)10-1-2-11-24-26(18(27)25(10)11)20-15-12-16(20)14-17(20)13(15)19(12,14)6-23/h3-5,10,12-17H,1-2H2/t10-,12?,13?,14?,15?,16?,17?,19?,20?/m0/s1. The highest BCUT2D eigenvalue weighted by atomic mass is 19.1. The summed E-state index contributed by atoms with van der Waals surface area (Å²) in [6.07, 6.45) is 1.27. The molecule has 0 saturated heterocycles. The van der Waals surface area contributed by atoms with Crippen LogP contribution in [-0.2, 0) is 12.0 Å². The number of aryl methyl sites for hydroxylation is 1. The molecule has 0 spiro atoms. The number of nitriles is 1. The van der Waals surface area contributed by atoms with E-state index in [0.717, 1.165) is 11.9 Å². The first-order valence-electron chi connectivity index (χ1n) is 9.65. The molecular weight excluding hydrogens is 350 g/mol. The molecule has 0 unspecified atom stereocenters. The molecule has 5 nitrogen and oxygen atoms in total. The van der Waals surface area contributed by atoms with Crippen molar-refractivity contribution in [3.05, 3.63) is 51.7 Å². The molecule has 0 bridgehead atoms. The third kappa shape index (κ3) is 0.941. The number of halogens is 2. The summed E-state index contributed by atoms with van der Waals surface area (Å²) < 4.78 is 30.7. The summed E-state index contributed by atoms with van der Waals surface area (Å²) in [5, 5.41) is 14.2. The van der Waals surface area contributed by atoms with Gasteiger partial charge in [0.25, 0.3) is 0 Å². The number of hydrogen-bond acceptors (Lipinski definition) is 3. The topological polar surface area (TPSA) is 63.6 Å². The number of rotatable bonds is 2. The Labute approximate surface area is 152 Å². The summed E-state index contributed by atoms with van der Waals surface area (Å²) in [7, 11) is 0. The van der Waals surface area contributed by atoms with Gasteiger partial charge in [-0.15, -0.1) is 0 Å². The quantitative estimate of drug-likeness (QED) is 0.817. The maximum Gasteiger partial charge on any atom is 0.347 e. The molecule has 27 heavy (non-hydrogen) atoms. The van der Waals surface area contributed by atoms with Gasteiger partial charge in [0.15, 0.2) is 0 Å². The van der Waals surface area contributed by atoms with E-state index in [0.29, 0.717) is 53.9 Å². The van der Waals surface area contributed by atoms with E-state index in [4.69, 9.17) is 5.10 Å². The molecule has 1 aromatic carbocycles. The summed E-state index contributed by atoms with van der Waals surface area (Å²) in [5.74, 6) is 2.29. The Bertz CT molecular complexity index is 1150. The van der Waals surface area contributed by atoms with E-state index in [9.17, 15) is 18.8 Å². The van der Waals surface area contributed by atoms with Crippen LogP contribution in [0.5, 0.6) is 0 Å². The number of hydrogen-bond donors (Lipinski definition) is 0. The first-order valence-corrected chi connectivity index (χ1v) is 9.65. The Balaban J connectivity index is 1.24. The summed E-state index contributed by atoms with van der Waals surface area (Å²) in [4.78, 5) is 13.3. The molecule has 134 valence electrons. The zero-order chi connectivity index (χ0) is 18.0. The van der Waals surface area contributed by atoms with Gasteiger partial charge in [0.1, 0.15) is 17.5 Å². The van der Waals surface area contributed by atoms with E-state index >= 15 is 0 Å². The Kier molecular flexibility index (Phi) is 1.76. The third-order valence-electron chi connectivity index (χ3n) is 9.24. The average Bonchev–Trinajstić information content (AvgIpc) is 3.21. The minimum absolute atomic E-state index is 0.0462. The number of benzene rings is 1. The summed E-state index contributed by atoms with van der Waals surface area (Å²) in [6.45, 7) is 0. The van der Waals surface area contributed by atoms with Crippen molar-refractivity contribution < 1.29 is 8.78 Å². The minimum Gasteiger partial charge on any atom is -0.271 e. The fraction of sp³-hybridized carbons (Fsp3) is 0.550. The SMILES string of the molecule is N#CC12C3C4C1C1C2C3C41n1nc2n(c1=O)[C@H](c1cc(F)cc(F)c1)CC2. The fourth-order valence-corrected chi connectivity index (χ4v) is 8.75. The highest BCUT2D eigenvalue weighted by Crippen LogP contribution is 3.08. The van der Waals surface area contributed by atoms with E-state index in [2.05, 4.69) is 6.07 Å². The molecule has 0 radical (unpaired) electrons. The highest BCUT2D eigenvalue weighted by Gasteiger charge is 3.12. The van der Waals surface area contributed by atoms with Gasteiger partial charge in [-0.3, -0.25) is 4.57 Å². The zero-order valence-corrected chi connectivity index (χ0v) is 14.1. The van der Waals surface area contributed by atoms with Crippen molar-refractivity contribution in [2.75, 3.05) is 0 Å². The van der Waals surface area contributed by atoms with Gasteiger partial charge >= 0.3 is 5.69 Å². The van der Waals surface area contributed by atoms with Crippen LogP contribution in [0.25, 0.3) is 0 Å². The molecule has 6 fully saturated rings. The van der Waals surface area contributed by atoms with E-state index in [1.165, 1.54) is 12.1 Å². The lowest BCUT2D eigenvalue weighted by Crippen LogP contribution is -3.12. The second-order valence-electron chi connectivity index (χ2n) is 9.32. The Morgan fingerprint density at radius 1 is 1.07 bits per heavy atom. The molecule has 0 amide bonds. The second kappa shape index (κ2) is 3.48. The van der Waals surface area contributed by atoms with E-state index in [1.54, 1.807) is 9.25 Å².